The van der Waals surface area contributed by atoms with Crippen molar-refractivity contribution in [1.29, 1.82) is 0 Å². The predicted octanol–water partition coefficient (Wildman–Crippen LogP) is 1.99. The zero-order valence-corrected chi connectivity index (χ0v) is 13.3. The molecule has 0 bridgehead atoms. The second kappa shape index (κ2) is 5.77. The van der Waals surface area contributed by atoms with Gasteiger partial charge in [0.1, 0.15) is 0 Å². The van der Waals surface area contributed by atoms with Crippen LogP contribution in [0, 0.1) is 5.41 Å². The van der Waals surface area contributed by atoms with E-state index in [9.17, 15) is 13.2 Å². The number of hydrogen-bond acceptors (Lipinski definition) is 3. The quantitative estimate of drug-likeness (QED) is 0.923. The lowest BCUT2D eigenvalue weighted by atomic mass is 9.82. The number of amides is 1. The Labute approximate surface area is 126 Å². The molecule has 0 radical (unpaired) electrons. The van der Waals surface area contributed by atoms with E-state index in [4.69, 9.17) is 5.14 Å². The highest BCUT2D eigenvalue weighted by Crippen LogP contribution is 2.37. The van der Waals surface area contributed by atoms with E-state index in [2.05, 4.69) is 13.8 Å². The standard InChI is InChI=1S/C15H22N2O3S/c1-3-15(4-2)9-10-17(11-15)14(18)12-5-7-13(8-6-12)21(16,19)20/h5-8H,3-4,9-11H2,1-2H3,(H2,16,19,20). The molecular formula is C15H22N2O3S. The Morgan fingerprint density at radius 2 is 1.81 bits per heavy atom. The van der Waals surface area contributed by atoms with Crippen LogP contribution >= 0.6 is 0 Å². The Kier molecular flexibility index (Phi) is 4.39. The van der Waals surface area contributed by atoms with Crippen molar-refractivity contribution < 1.29 is 13.2 Å². The lowest BCUT2D eigenvalue weighted by molar-refractivity contribution is 0.0769. The summed E-state index contributed by atoms with van der Waals surface area (Å²) < 4.78 is 22.4. The van der Waals surface area contributed by atoms with Crippen LogP contribution in [-0.4, -0.2) is 32.3 Å². The minimum Gasteiger partial charge on any atom is -0.338 e. The molecule has 0 saturated carbocycles. The van der Waals surface area contributed by atoms with Crippen molar-refractivity contribution >= 4 is 15.9 Å². The summed E-state index contributed by atoms with van der Waals surface area (Å²) >= 11 is 0. The molecule has 1 aliphatic rings. The van der Waals surface area contributed by atoms with Crippen LogP contribution in [0.25, 0.3) is 0 Å². The van der Waals surface area contributed by atoms with Gasteiger partial charge in [0.2, 0.25) is 10.0 Å². The number of sulfonamides is 1. The number of carbonyl (C=O) groups excluding carboxylic acids is 1. The fraction of sp³-hybridized carbons (Fsp3) is 0.533. The molecule has 1 fully saturated rings. The molecule has 2 rings (SSSR count). The fourth-order valence-electron chi connectivity index (χ4n) is 2.91. The predicted molar refractivity (Wildman–Crippen MR) is 81.4 cm³/mol. The first kappa shape index (κ1) is 16.0. The third-order valence-corrected chi connectivity index (χ3v) is 5.58. The molecule has 0 spiro atoms. The van der Waals surface area contributed by atoms with E-state index in [-0.39, 0.29) is 16.2 Å². The molecule has 0 unspecified atom stereocenters. The van der Waals surface area contributed by atoms with E-state index in [0.717, 1.165) is 32.4 Å². The van der Waals surface area contributed by atoms with Gasteiger partial charge in [0.05, 0.1) is 4.90 Å². The van der Waals surface area contributed by atoms with Gasteiger partial charge in [-0.15, -0.1) is 0 Å². The van der Waals surface area contributed by atoms with E-state index in [1.807, 2.05) is 4.90 Å². The minimum absolute atomic E-state index is 0.0249. The molecule has 0 aliphatic carbocycles. The van der Waals surface area contributed by atoms with Gasteiger partial charge in [0.15, 0.2) is 0 Å². The van der Waals surface area contributed by atoms with Crippen LogP contribution < -0.4 is 5.14 Å². The van der Waals surface area contributed by atoms with Gasteiger partial charge >= 0.3 is 0 Å². The molecule has 0 aromatic heterocycles. The smallest absolute Gasteiger partial charge is 0.253 e. The maximum Gasteiger partial charge on any atom is 0.253 e. The zero-order chi connectivity index (χ0) is 15.7. The van der Waals surface area contributed by atoms with Gasteiger partial charge in [-0.05, 0) is 48.9 Å². The molecule has 1 heterocycles. The molecule has 21 heavy (non-hydrogen) atoms. The third kappa shape index (κ3) is 3.27. The number of nitrogens with zero attached hydrogens (tertiary/aromatic N) is 1. The van der Waals surface area contributed by atoms with Gasteiger partial charge in [-0.1, -0.05) is 13.8 Å². The van der Waals surface area contributed by atoms with Crippen LogP contribution in [-0.2, 0) is 10.0 Å². The maximum absolute atomic E-state index is 12.5. The normalized spacial score (nSPS) is 18.0. The van der Waals surface area contributed by atoms with E-state index in [0.29, 0.717) is 5.56 Å². The number of likely N-dealkylation sites (tertiary alicyclic amines) is 1. The average molecular weight is 310 g/mol. The molecule has 1 saturated heterocycles. The zero-order valence-electron chi connectivity index (χ0n) is 12.5. The highest BCUT2D eigenvalue weighted by atomic mass is 32.2. The average Bonchev–Trinajstić information content (AvgIpc) is 2.91. The Bertz CT molecular complexity index is 619. The molecule has 2 N–H and O–H groups in total. The summed E-state index contributed by atoms with van der Waals surface area (Å²) in [4.78, 5) is 14.4. The summed E-state index contributed by atoms with van der Waals surface area (Å²) in [6, 6.07) is 5.82. The molecular weight excluding hydrogens is 288 g/mol. The van der Waals surface area contributed by atoms with Crippen molar-refractivity contribution in [3.8, 4) is 0 Å². The summed E-state index contributed by atoms with van der Waals surface area (Å²) in [7, 11) is -3.72. The van der Waals surface area contributed by atoms with Crippen molar-refractivity contribution in [2.45, 2.75) is 38.0 Å². The van der Waals surface area contributed by atoms with Crippen molar-refractivity contribution in [3.05, 3.63) is 29.8 Å². The van der Waals surface area contributed by atoms with E-state index in [1.54, 1.807) is 0 Å². The Morgan fingerprint density at radius 3 is 2.24 bits per heavy atom. The first-order valence-corrected chi connectivity index (χ1v) is 8.78. The van der Waals surface area contributed by atoms with Crippen LogP contribution in [0.3, 0.4) is 0 Å². The van der Waals surface area contributed by atoms with Crippen LogP contribution in [0.5, 0.6) is 0 Å². The van der Waals surface area contributed by atoms with Gasteiger partial charge in [-0.3, -0.25) is 4.79 Å². The molecule has 1 aromatic rings. The Hall–Kier alpha value is -1.40. The number of carbonyl (C=O) groups is 1. The molecule has 1 amide bonds. The monoisotopic (exact) mass is 310 g/mol. The molecule has 6 heteroatoms. The minimum atomic E-state index is -3.72. The highest BCUT2D eigenvalue weighted by Gasteiger charge is 2.37. The summed E-state index contributed by atoms with van der Waals surface area (Å²) in [5.74, 6) is -0.0419. The number of rotatable bonds is 4. The van der Waals surface area contributed by atoms with Gasteiger partial charge in [-0.2, -0.15) is 0 Å². The second-order valence-corrected chi connectivity index (χ2v) is 7.31. The lowest BCUT2D eigenvalue weighted by Crippen LogP contribution is -2.31. The summed E-state index contributed by atoms with van der Waals surface area (Å²) in [5, 5.41) is 5.05. The maximum atomic E-state index is 12.5. The number of nitrogens with two attached hydrogens (primary N) is 1. The van der Waals surface area contributed by atoms with E-state index < -0.39 is 10.0 Å². The second-order valence-electron chi connectivity index (χ2n) is 5.75. The third-order valence-electron chi connectivity index (χ3n) is 4.66. The summed E-state index contributed by atoms with van der Waals surface area (Å²) in [6.07, 6.45) is 3.16. The number of benzene rings is 1. The lowest BCUT2D eigenvalue weighted by Gasteiger charge is -2.26. The van der Waals surface area contributed by atoms with Crippen LogP contribution in [0.15, 0.2) is 29.2 Å². The van der Waals surface area contributed by atoms with Crippen LogP contribution in [0.1, 0.15) is 43.5 Å². The summed E-state index contributed by atoms with van der Waals surface area (Å²) in [6.45, 7) is 5.87. The van der Waals surface area contributed by atoms with Crippen molar-refractivity contribution in [3.63, 3.8) is 0 Å². The fourth-order valence-corrected chi connectivity index (χ4v) is 3.42. The molecule has 5 nitrogen and oxygen atoms in total. The van der Waals surface area contributed by atoms with Gasteiger partial charge in [0.25, 0.3) is 5.91 Å². The first-order chi connectivity index (χ1) is 9.81. The van der Waals surface area contributed by atoms with Crippen LogP contribution in [0.2, 0.25) is 0 Å². The van der Waals surface area contributed by atoms with Crippen molar-refractivity contribution in [2.24, 2.45) is 10.6 Å². The SMILES string of the molecule is CCC1(CC)CCN(C(=O)c2ccc(S(N)(=O)=O)cc2)C1. The van der Waals surface area contributed by atoms with Crippen LogP contribution in [0.4, 0.5) is 0 Å². The molecule has 116 valence electrons. The Morgan fingerprint density at radius 1 is 1.24 bits per heavy atom. The van der Waals surface area contributed by atoms with Gasteiger partial charge in [-0.25, -0.2) is 13.6 Å². The number of primary sulfonamides is 1. The van der Waals surface area contributed by atoms with Crippen molar-refractivity contribution in [1.82, 2.24) is 4.90 Å². The van der Waals surface area contributed by atoms with E-state index in [1.165, 1.54) is 24.3 Å². The van der Waals surface area contributed by atoms with Gasteiger partial charge < -0.3 is 4.90 Å². The molecule has 1 aliphatic heterocycles. The Balaban J connectivity index is 2.15. The summed E-state index contributed by atoms with van der Waals surface area (Å²) in [5.41, 5.74) is 0.737. The molecule has 1 aromatic carbocycles. The first-order valence-electron chi connectivity index (χ1n) is 7.23. The largest absolute Gasteiger partial charge is 0.338 e. The highest BCUT2D eigenvalue weighted by molar-refractivity contribution is 7.89. The van der Waals surface area contributed by atoms with Gasteiger partial charge in [0, 0.05) is 18.7 Å². The topological polar surface area (TPSA) is 80.5 Å². The number of hydrogen-bond donors (Lipinski definition) is 1. The molecule has 0 atom stereocenters. The van der Waals surface area contributed by atoms with Crippen molar-refractivity contribution in [2.75, 3.05) is 13.1 Å². The van der Waals surface area contributed by atoms with E-state index >= 15 is 0 Å².